The topological polar surface area (TPSA) is 51.6 Å². The van der Waals surface area contributed by atoms with E-state index in [1.165, 1.54) is 5.56 Å². The zero-order chi connectivity index (χ0) is 17.8. The van der Waals surface area contributed by atoms with Crippen LogP contribution in [0, 0.1) is 6.92 Å². The Kier molecular flexibility index (Phi) is 4.48. The Morgan fingerprint density at radius 1 is 0.692 bits per heavy atom. The Balaban J connectivity index is 1.55. The zero-order valence-corrected chi connectivity index (χ0v) is 14.5. The van der Waals surface area contributed by atoms with Crippen LogP contribution in [-0.4, -0.2) is 19.9 Å². The molecule has 2 aromatic carbocycles. The van der Waals surface area contributed by atoms with Gasteiger partial charge < -0.3 is 0 Å². The van der Waals surface area contributed by atoms with Crippen molar-refractivity contribution in [3.63, 3.8) is 0 Å². The number of benzene rings is 2. The predicted octanol–water partition coefficient (Wildman–Crippen LogP) is 4.50. The van der Waals surface area contributed by atoms with Gasteiger partial charge in [0.25, 0.3) is 0 Å². The number of rotatable bonds is 4. The number of nitrogens with zero attached hydrogens (tertiary/aromatic N) is 4. The average Bonchev–Trinajstić information content (AvgIpc) is 2.69. The molecule has 4 heteroatoms. The molecular formula is C22H18N4. The largest absolute Gasteiger partial charge is 0.237 e. The molecule has 0 saturated carbocycles. The van der Waals surface area contributed by atoms with Crippen LogP contribution in [0.15, 0.2) is 79.3 Å². The minimum atomic E-state index is 0.747. The van der Waals surface area contributed by atoms with Crippen LogP contribution in [-0.2, 0) is 6.42 Å². The summed E-state index contributed by atoms with van der Waals surface area (Å²) in [6, 6.07) is 20.2. The maximum absolute atomic E-state index is 4.50. The first-order valence-corrected chi connectivity index (χ1v) is 8.53. The Bertz CT molecular complexity index is 1010. The van der Waals surface area contributed by atoms with E-state index in [4.69, 9.17) is 0 Å². The highest BCUT2D eigenvalue weighted by molar-refractivity contribution is 5.57. The quantitative estimate of drug-likeness (QED) is 0.550. The molecule has 0 fully saturated rings. The lowest BCUT2D eigenvalue weighted by atomic mass is 10.0. The zero-order valence-electron chi connectivity index (χ0n) is 14.5. The Labute approximate surface area is 152 Å². The Hall–Kier alpha value is -3.40. The van der Waals surface area contributed by atoms with Gasteiger partial charge in [-0.05, 0) is 30.2 Å². The average molecular weight is 338 g/mol. The highest BCUT2D eigenvalue weighted by Gasteiger charge is 2.05. The predicted molar refractivity (Wildman–Crippen MR) is 102 cm³/mol. The second kappa shape index (κ2) is 7.23. The molecule has 0 bridgehead atoms. The standard InChI is InChI=1S/C22H18N4/c1-16-10-11-23-22(26-16)20-9-5-6-17(13-20)12-18-14-24-21(25-15-18)19-7-3-2-4-8-19/h2-11,13-15H,12H2,1H3. The second-order valence-corrected chi connectivity index (χ2v) is 6.18. The molecule has 0 spiro atoms. The molecule has 0 aliphatic rings. The van der Waals surface area contributed by atoms with Gasteiger partial charge in [-0.25, -0.2) is 19.9 Å². The minimum absolute atomic E-state index is 0.747. The van der Waals surface area contributed by atoms with Crippen LogP contribution in [0.4, 0.5) is 0 Å². The first-order chi connectivity index (χ1) is 12.8. The molecule has 4 aromatic rings. The van der Waals surface area contributed by atoms with E-state index in [-0.39, 0.29) is 0 Å². The summed E-state index contributed by atoms with van der Waals surface area (Å²) in [5.74, 6) is 1.50. The van der Waals surface area contributed by atoms with Crippen LogP contribution in [0.25, 0.3) is 22.8 Å². The maximum Gasteiger partial charge on any atom is 0.159 e. The lowest BCUT2D eigenvalue weighted by Gasteiger charge is -2.06. The molecule has 0 atom stereocenters. The molecule has 0 saturated heterocycles. The Morgan fingerprint density at radius 3 is 2.23 bits per heavy atom. The molecule has 0 aliphatic heterocycles. The molecule has 4 rings (SSSR count). The monoisotopic (exact) mass is 338 g/mol. The summed E-state index contributed by atoms with van der Waals surface area (Å²) in [5, 5.41) is 0. The number of hydrogen-bond donors (Lipinski definition) is 0. The summed E-state index contributed by atoms with van der Waals surface area (Å²) in [7, 11) is 0. The lowest BCUT2D eigenvalue weighted by Crippen LogP contribution is -1.95. The SMILES string of the molecule is Cc1ccnc(-c2cccc(Cc3cnc(-c4ccccc4)nc3)c2)n1. The van der Waals surface area contributed by atoms with Gasteiger partial charge in [0.1, 0.15) is 0 Å². The Morgan fingerprint density at radius 2 is 1.46 bits per heavy atom. The normalized spacial score (nSPS) is 10.7. The van der Waals surface area contributed by atoms with Crippen LogP contribution in [0.1, 0.15) is 16.8 Å². The summed E-state index contributed by atoms with van der Waals surface area (Å²) in [6.07, 6.45) is 6.35. The molecule has 26 heavy (non-hydrogen) atoms. The number of aromatic nitrogens is 4. The van der Waals surface area contributed by atoms with E-state index in [0.29, 0.717) is 0 Å². The van der Waals surface area contributed by atoms with Gasteiger partial charge in [0.2, 0.25) is 0 Å². The van der Waals surface area contributed by atoms with Crippen molar-refractivity contribution in [3.8, 4) is 22.8 Å². The highest BCUT2D eigenvalue weighted by Crippen LogP contribution is 2.19. The van der Waals surface area contributed by atoms with E-state index in [0.717, 1.165) is 40.5 Å². The summed E-state index contributed by atoms with van der Waals surface area (Å²) in [6.45, 7) is 1.97. The third-order valence-electron chi connectivity index (χ3n) is 4.13. The highest BCUT2D eigenvalue weighted by atomic mass is 14.9. The molecule has 4 nitrogen and oxygen atoms in total. The summed E-state index contributed by atoms with van der Waals surface area (Å²) < 4.78 is 0. The maximum atomic E-state index is 4.50. The van der Waals surface area contributed by atoms with Crippen molar-refractivity contribution >= 4 is 0 Å². The van der Waals surface area contributed by atoms with Crippen molar-refractivity contribution in [2.24, 2.45) is 0 Å². The lowest BCUT2D eigenvalue weighted by molar-refractivity contribution is 1.07. The molecule has 0 radical (unpaired) electrons. The summed E-state index contributed by atoms with van der Waals surface area (Å²) in [5.41, 5.74) is 5.27. The van der Waals surface area contributed by atoms with E-state index in [9.17, 15) is 0 Å². The van der Waals surface area contributed by atoms with Gasteiger partial charge in [-0.1, -0.05) is 48.5 Å². The smallest absolute Gasteiger partial charge is 0.159 e. The number of hydrogen-bond acceptors (Lipinski definition) is 4. The van der Waals surface area contributed by atoms with Gasteiger partial charge in [0.15, 0.2) is 11.6 Å². The van der Waals surface area contributed by atoms with Gasteiger partial charge >= 0.3 is 0 Å². The first-order valence-electron chi connectivity index (χ1n) is 8.53. The van der Waals surface area contributed by atoms with Crippen LogP contribution in [0.2, 0.25) is 0 Å². The van der Waals surface area contributed by atoms with Gasteiger partial charge in [-0.2, -0.15) is 0 Å². The van der Waals surface area contributed by atoms with Crippen molar-refractivity contribution in [1.82, 2.24) is 19.9 Å². The fourth-order valence-electron chi connectivity index (χ4n) is 2.83. The van der Waals surface area contributed by atoms with Gasteiger partial charge in [0, 0.05) is 41.8 Å². The molecule has 2 aromatic heterocycles. The third-order valence-corrected chi connectivity index (χ3v) is 4.13. The van der Waals surface area contributed by atoms with Crippen LogP contribution >= 0.6 is 0 Å². The van der Waals surface area contributed by atoms with Crippen LogP contribution in [0.5, 0.6) is 0 Å². The molecular weight excluding hydrogens is 320 g/mol. The van der Waals surface area contributed by atoms with E-state index in [2.05, 4.69) is 32.1 Å². The van der Waals surface area contributed by atoms with E-state index >= 15 is 0 Å². The number of aryl methyl sites for hydroxylation is 1. The first kappa shape index (κ1) is 16.1. The van der Waals surface area contributed by atoms with E-state index in [1.54, 1.807) is 6.20 Å². The van der Waals surface area contributed by atoms with Gasteiger partial charge in [-0.3, -0.25) is 0 Å². The molecule has 0 N–H and O–H groups in total. The van der Waals surface area contributed by atoms with Gasteiger partial charge in [0.05, 0.1) is 0 Å². The van der Waals surface area contributed by atoms with Crippen molar-refractivity contribution in [3.05, 3.63) is 96.1 Å². The van der Waals surface area contributed by atoms with Gasteiger partial charge in [-0.15, -0.1) is 0 Å². The molecule has 126 valence electrons. The van der Waals surface area contributed by atoms with Crippen molar-refractivity contribution < 1.29 is 0 Å². The van der Waals surface area contributed by atoms with Crippen LogP contribution in [0.3, 0.4) is 0 Å². The fourth-order valence-corrected chi connectivity index (χ4v) is 2.83. The van der Waals surface area contributed by atoms with Crippen molar-refractivity contribution in [1.29, 1.82) is 0 Å². The summed E-state index contributed by atoms with van der Waals surface area (Å²) >= 11 is 0. The van der Waals surface area contributed by atoms with E-state index < -0.39 is 0 Å². The fraction of sp³-hybridized carbons (Fsp3) is 0.0909. The molecule has 0 unspecified atom stereocenters. The molecule has 2 heterocycles. The molecule has 0 aliphatic carbocycles. The molecule has 0 amide bonds. The minimum Gasteiger partial charge on any atom is -0.237 e. The third kappa shape index (κ3) is 3.64. The summed E-state index contributed by atoms with van der Waals surface area (Å²) in [4.78, 5) is 17.9. The van der Waals surface area contributed by atoms with Crippen molar-refractivity contribution in [2.75, 3.05) is 0 Å². The van der Waals surface area contributed by atoms with E-state index in [1.807, 2.05) is 67.8 Å². The van der Waals surface area contributed by atoms with Crippen LogP contribution < -0.4 is 0 Å². The second-order valence-electron chi connectivity index (χ2n) is 6.18. The van der Waals surface area contributed by atoms with Crippen molar-refractivity contribution in [2.45, 2.75) is 13.3 Å².